The maximum Gasteiger partial charge on any atom is 0.269 e. The van der Waals surface area contributed by atoms with Gasteiger partial charge in [-0.25, -0.2) is 22.7 Å². The highest BCUT2D eigenvalue weighted by Gasteiger charge is 2.29. The molecule has 5 nitrogen and oxygen atoms in total. The van der Waals surface area contributed by atoms with E-state index in [9.17, 15) is 8.42 Å². The first-order valence-corrected chi connectivity index (χ1v) is 6.44. The van der Waals surface area contributed by atoms with Crippen molar-refractivity contribution in [1.29, 1.82) is 0 Å². The summed E-state index contributed by atoms with van der Waals surface area (Å²) < 4.78 is 25.6. The molecule has 0 fully saturated rings. The van der Waals surface area contributed by atoms with E-state index < -0.39 is 10.0 Å². The number of fused-ring (bicyclic) bond motifs is 1. The number of sulfonamides is 1. The molecule has 0 aromatic carbocycles. The molecule has 0 radical (unpaired) electrons. The van der Waals surface area contributed by atoms with Gasteiger partial charge < -0.3 is 0 Å². The molecule has 1 aliphatic heterocycles. The van der Waals surface area contributed by atoms with E-state index in [-0.39, 0.29) is 17.3 Å². The first kappa shape index (κ1) is 11.1. The van der Waals surface area contributed by atoms with Gasteiger partial charge in [0, 0.05) is 10.7 Å². The molecule has 0 spiro atoms. The summed E-state index contributed by atoms with van der Waals surface area (Å²) in [5.41, 5.74) is 0. The zero-order valence-electron chi connectivity index (χ0n) is 7.96. The van der Waals surface area contributed by atoms with Crippen LogP contribution in [0.15, 0.2) is 26.6 Å². The van der Waals surface area contributed by atoms with Gasteiger partial charge in [-0.05, 0) is 22.0 Å². The molecule has 82 valence electrons. The van der Waals surface area contributed by atoms with E-state index >= 15 is 0 Å². The van der Waals surface area contributed by atoms with Crippen LogP contribution in [0.25, 0.3) is 0 Å². The Morgan fingerprint density at radius 1 is 1.56 bits per heavy atom. The average Bonchev–Trinajstić information content (AvgIpc) is 2.24. The molecule has 0 saturated heterocycles. The smallest absolute Gasteiger partial charge is 0.244 e. The number of aliphatic imine (C=N–C) groups is 1. The summed E-state index contributed by atoms with van der Waals surface area (Å²) in [5, 5.41) is 0. The molecule has 1 aliphatic rings. The summed E-state index contributed by atoms with van der Waals surface area (Å²) in [6.07, 6.45) is 7.76. The molecule has 0 bridgehead atoms. The van der Waals surface area contributed by atoms with E-state index in [2.05, 4.69) is 31.8 Å². The predicted octanol–water partition coefficient (Wildman–Crippen LogP) is 1.14. The van der Waals surface area contributed by atoms with Crippen molar-refractivity contribution in [3.05, 3.63) is 16.7 Å². The maximum absolute atomic E-state index is 12.0. The first-order chi connectivity index (χ1) is 7.55. The Kier molecular flexibility index (Phi) is 2.69. The molecule has 0 saturated carbocycles. The minimum Gasteiger partial charge on any atom is -0.244 e. The van der Waals surface area contributed by atoms with Crippen LogP contribution >= 0.6 is 15.9 Å². The van der Waals surface area contributed by atoms with Gasteiger partial charge in [0.05, 0.1) is 6.54 Å². The molecule has 0 aliphatic carbocycles. The van der Waals surface area contributed by atoms with Crippen LogP contribution in [0, 0.1) is 12.3 Å². The molecule has 2 heterocycles. The second-order valence-electron chi connectivity index (χ2n) is 2.97. The molecule has 1 aromatic heterocycles. The summed E-state index contributed by atoms with van der Waals surface area (Å²) in [4.78, 5) is 7.89. The molecular formula is C9H6BrN3O2S. The second-order valence-corrected chi connectivity index (χ2v) is 5.75. The van der Waals surface area contributed by atoms with E-state index in [1.165, 1.54) is 18.6 Å². The minimum atomic E-state index is -3.62. The average molecular weight is 300 g/mol. The van der Waals surface area contributed by atoms with Crippen molar-refractivity contribution in [2.45, 2.75) is 4.90 Å². The third-order valence-corrected chi connectivity index (χ3v) is 4.07. The van der Waals surface area contributed by atoms with Crippen LogP contribution in [-0.2, 0) is 10.0 Å². The number of rotatable bonds is 1. The molecular weight excluding hydrogens is 294 g/mol. The van der Waals surface area contributed by atoms with Crippen LogP contribution in [-0.4, -0.2) is 30.6 Å². The number of terminal acetylenes is 1. The highest BCUT2D eigenvalue weighted by Crippen LogP contribution is 2.30. The van der Waals surface area contributed by atoms with Crippen molar-refractivity contribution in [2.24, 2.45) is 4.99 Å². The van der Waals surface area contributed by atoms with Gasteiger partial charge in [0.15, 0.2) is 5.82 Å². The van der Waals surface area contributed by atoms with Gasteiger partial charge in [-0.2, -0.15) is 0 Å². The zero-order valence-corrected chi connectivity index (χ0v) is 10.4. The van der Waals surface area contributed by atoms with E-state index in [0.717, 1.165) is 4.31 Å². The van der Waals surface area contributed by atoms with Crippen LogP contribution in [0.3, 0.4) is 0 Å². The molecule has 7 heteroatoms. The molecule has 1 aromatic rings. The van der Waals surface area contributed by atoms with Crippen LogP contribution in [0.2, 0.25) is 0 Å². The van der Waals surface area contributed by atoms with Crippen LogP contribution < -0.4 is 0 Å². The number of aromatic nitrogens is 1. The lowest BCUT2D eigenvalue weighted by molar-refractivity contribution is 0.543. The lowest BCUT2D eigenvalue weighted by Gasteiger charge is -2.21. The Labute approximate surface area is 101 Å². The van der Waals surface area contributed by atoms with Gasteiger partial charge >= 0.3 is 0 Å². The second kappa shape index (κ2) is 3.88. The monoisotopic (exact) mass is 299 g/mol. The summed E-state index contributed by atoms with van der Waals surface area (Å²) in [6.45, 7) is -0.0439. The number of hydrogen-bond donors (Lipinski definition) is 0. The lowest BCUT2D eigenvalue weighted by Crippen LogP contribution is -2.32. The van der Waals surface area contributed by atoms with Crippen molar-refractivity contribution in [3.8, 4) is 12.3 Å². The molecule has 16 heavy (non-hydrogen) atoms. The van der Waals surface area contributed by atoms with Gasteiger partial charge in [0.1, 0.15) is 11.2 Å². The molecule has 2 rings (SSSR count). The lowest BCUT2D eigenvalue weighted by atomic mass is 10.5. The van der Waals surface area contributed by atoms with Crippen LogP contribution in [0.5, 0.6) is 0 Å². The van der Waals surface area contributed by atoms with Gasteiger partial charge in [0.2, 0.25) is 0 Å². The van der Waals surface area contributed by atoms with Crippen molar-refractivity contribution >= 4 is 38.1 Å². The summed E-state index contributed by atoms with van der Waals surface area (Å²) in [6, 6.07) is 1.46. The number of pyridine rings is 1. The summed E-state index contributed by atoms with van der Waals surface area (Å²) in [7, 11) is -3.62. The number of halogens is 1. The fourth-order valence-electron chi connectivity index (χ4n) is 1.22. The normalized spacial score (nSPS) is 16.6. The Hall–Kier alpha value is -1.39. The standard InChI is InChI=1S/C9H6BrN3O2S/c1-2-3-13-6-12-9-8(16(13,14)15)4-7(10)5-11-9/h1,4-6H,3H2. The summed E-state index contributed by atoms with van der Waals surface area (Å²) >= 11 is 3.16. The number of nitrogens with zero attached hydrogens (tertiary/aromatic N) is 3. The SMILES string of the molecule is C#CCN1C=Nc2ncc(Br)cc2S1(=O)=O. The summed E-state index contributed by atoms with van der Waals surface area (Å²) in [5.74, 6) is 2.44. The van der Waals surface area contributed by atoms with Crippen molar-refractivity contribution in [1.82, 2.24) is 9.29 Å². The van der Waals surface area contributed by atoms with Crippen molar-refractivity contribution < 1.29 is 8.42 Å². The Morgan fingerprint density at radius 3 is 3.00 bits per heavy atom. The molecule has 0 N–H and O–H groups in total. The van der Waals surface area contributed by atoms with E-state index in [1.807, 2.05) is 0 Å². The third-order valence-electron chi connectivity index (χ3n) is 1.94. The van der Waals surface area contributed by atoms with E-state index in [1.54, 1.807) is 0 Å². The number of hydrogen-bond acceptors (Lipinski definition) is 4. The predicted molar refractivity (Wildman–Crippen MR) is 62.8 cm³/mol. The van der Waals surface area contributed by atoms with E-state index in [0.29, 0.717) is 4.47 Å². The quantitative estimate of drug-likeness (QED) is 0.731. The highest BCUT2D eigenvalue weighted by molar-refractivity contribution is 9.10. The molecule has 0 atom stereocenters. The van der Waals surface area contributed by atoms with Crippen LogP contribution in [0.4, 0.5) is 5.82 Å². The van der Waals surface area contributed by atoms with E-state index in [4.69, 9.17) is 6.42 Å². The highest BCUT2D eigenvalue weighted by atomic mass is 79.9. The van der Waals surface area contributed by atoms with Gasteiger partial charge in [0.25, 0.3) is 10.0 Å². The molecule has 0 unspecified atom stereocenters. The largest absolute Gasteiger partial charge is 0.269 e. The van der Waals surface area contributed by atoms with Gasteiger partial charge in [-0.1, -0.05) is 5.92 Å². The van der Waals surface area contributed by atoms with Crippen LogP contribution in [0.1, 0.15) is 0 Å². The van der Waals surface area contributed by atoms with Gasteiger partial charge in [-0.3, -0.25) is 0 Å². The Morgan fingerprint density at radius 2 is 2.31 bits per heavy atom. The Balaban J connectivity index is 2.62. The topological polar surface area (TPSA) is 62.6 Å². The molecule has 0 amide bonds. The Bertz CT molecular complexity index is 604. The van der Waals surface area contributed by atoms with Gasteiger partial charge in [-0.15, -0.1) is 6.42 Å². The maximum atomic E-state index is 12.0. The third kappa shape index (κ3) is 1.70. The fraction of sp³-hybridized carbons (Fsp3) is 0.111. The first-order valence-electron chi connectivity index (χ1n) is 4.21. The van der Waals surface area contributed by atoms with Crippen molar-refractivity contribution in [2.75, 3.05) is 6.54 Å². The van der Waals surface area contributed by atoms with Crippen molar-refractivity contribution in [3.63, 3.8) is 0 Å². The fourth-order valence-corrected chi connectivity index (χ4v) is 2.99. The zero-order chi connectivity index (χ0) is 11.8. The minimum absolute atomic E-state index is 0.0439.